The van der Waals surface area contributed by atoms with Gasteiger partial charge in [0.1, 0.15) is 11.6 Å². The van der Waals surface area contributed by atoms with Gasteiger partial charge in [-0.3, -0.25) is 4.79 Å². The minimum Gasteiger partial charge on any atom is -0.469 e. The number of carbonyl (C=O) groups is 1. The van der Waals surface area contributed by atoms with Crippen LogP contribution in [-0.2, 0) is 11.3 Å². The van der Waals surface area contributed by atoms with E-state index in [1.54, 1.807) is 25.3 Å². The smallest absolute Gasteiger partial charge is 0.237 e. The maximum atomic E-state index is 13.7. The number of aryl methyl sites for hydroxylation is 1. The summed E-state index contributed by atoms with van der Waals surface area (Å²) in [5.41, 5.74) is 1.03. The molecule has 0 spiro atoms. The monoisotopic (exact) mass is 374 g/mol. The minimum atomic E-state index is -0.470. The van der Waals surface area contributed by atoms with Gasteiger partial charge in [0.2, 0.25) is 5.91 Å². The van der Waals surface area contributed by atoms with E-state index in [0.29, 0.717) is 17.5 Å². The predicted molar refractivity (Wildman–Crippen MR) is 98.5 cm³/mol. The first-order valence-electron chi connectivity index (χ1n) is 8.21. The molecule has 0 aliphatic carbocycles. The van der Waals surface area contributed by atoms with Gasteiger partial charge in [0.25, 0.3) is 0 Å². The van der Waals surface area contributed by atoms with Gasteiger partial charge in [-0.2, -0.15) is 0 Å². The van der Waals surface area contributed by atoms with E-state index in [0.717, 1.165) is 11.3 Å². The fourth-order valence-corrected chi connectivity index (χ4v) is 3.40. The van der Waals surface area contributed by atoms with E-state index in [2.05, 4.69) is 15.5 Å². The largest absolute Gasteiger partial charge is 0.469 e. The minimum absolute atomic E-state index is 0.164. The molecule has 3 aromatic rings. The van der Waals surface area contributed by atoms with Gasteiger partial charge < -0.3 is 14.3 Å². The van der Waals surface area contributed by atoms with Crippen molar-refractivity contribution < 1.29 is 13.6 Å². The highest BCUT2D eigenvalue weighted by molar-refractivity contribution is 8.00. The van der Waals surface area contributed by atoms with Crippen LogP contribution in [0, 0.1) is 12.7 Å². The molecular weight excluding hydrogens is 355 g/mol. The molecule has 3 rings (SSSR count). The highest BCUT2D eigenvalue weighted by Crippen LogP contribution is 2.29. The first kappa shape index (κ1) is 18.2. The van der Waals surface area contributed by atoms with Crippen LogP contribution in [0.25, 0.3) is 11.4 Å². The normalized spacial score (nSPS) is 12.2. The number of para-hydroxylation sites is 1. The molecule has 136 valence electrons. The lowest BCUT2D eigenvalue weighted by Gasteiger charge is -2.13. The maximum absolute atomic E-state index is 13.7. The first-order chi connectivity index (χ1) is 12.5. The number of hydrogen-bond donors (Lipinski definition) is 1. The van der Waals surface area contributed by atoms with Crippen molar-refractivity contribution >= 4 is 23.4 Å². The highest BCUT2D eigenvalue weighted by Gasteiger charge is 2.22. The van der Waals surface area contributed by atoms with Gasteiger partial charge in [0.05, 0.1) is 22.8 Å². The van der Waals surface area contributed by atoms with Crippen molar-refractivity contribution in [3.05, 3.63) is 48.2 Å². The molecule has 1 N–H and O–H groups in total. The Morgan fingerprint density at radius 2 is 2.12 bits per heavy atom. The summed E-state index contributed by atoms with van der Waals surface area (Å²) in [6.07, 6.45) is 1.61. The molecule has 2 aromatic heterocycles. The highest BCUT2D eigenvalue weighted by atomic mass is 32.2. The Morgan fingerprint density at radius 3 is 2.77 bits per heavy atom. The van der Waals surface area contributed by atoms with Gasteiger partial charge in [0, 0.05) is 6.54 Å². The van der Waals surface area contributed by atoms with Crippen molar-refractivity contribution in [1.29, 1.82) is 0 Å². The summed E-state index contributed by atoms with van der Waals surface area (Å²) >= 11 is 1.28. The van der Waals surface area contributed by atoms with Gasteiger partial charge >= 0.3 is 0 Å². The van der Waals surface area contributed by atoms with Crippen LogP contribution in [0.15, 0.2) is 46.2 Å². The molecule has 8 heteroatoms. The molecule has 0 bridgehead atoms. The van der Waals surface area contributed by atoms with Crippen LogP contribution in [-0.4, -0.2) is 25.9 Å². The zero-order valence-electron chi connectivity index (χ0n) is 14.7. The second-order valence-electron chi connectivity index (χ2n) is 5.67. The van der Waals surface area contributed by atoms with E-state index in [-0.39, 0.29) is 11.6 Å². The summed E-state index contributed by atoms with van der Waals surface area (Å²) in [5.74, 6) is 0.691. The van der Waals surface area contributed by atoms with Crippen molar-refractivity contribution in [3.8, 4) is 11.4 Å². The third-order valence-electron chi connectivity index (χ3n) is 3.92. The molecule has 0 unspecified atom stereocenters. The lowest BCUT2D eigenvalue weighted by Crippen LogP contribution is -2.23. The number of carbonyl (C=O) groups excluding carboxylic acids is 1. The Morgan fingerprint density at radius 1 is 1.35 bits per heavy atom. The number of hydrogen-bond acceptors (Lipinski definition) is 5. The predicted octanol–water partition coefficient (Wildman–Crippen LogP) is 4.12. The SMILES string of the molecule is CCn1c(S[C@@H](C)C(=O)Nc2ccccc2F)nnc1-c1ccoc1C. The number of thioether (sulfide) groups is 1. The van der Waals surface area contributed by atoms with Crippen molar-refractivity contribution in [2.75, 3.05) is 5.32 Å². The second-order valence-corrected chi connectivity index (χ2v) is 6.98. The average Bonchev–Trinajstić information content (AvgIpc) is 3.22. The fraction of sp³-hybridized carbons (Fsp3) is 0.278. The van der Waals surface area contributed by atoms with Crippen molar-refractivity contribution in [2.24, 2.45) is 0 Å². The van der Waals surface area contributed by atoms with Crippen LogP contribution < -0.4 is 5.32 Å². The lowest BCUT2D eigenvalue weighted by molar-refractivity contribution is -0.115. The molecule has 2 heterocycles. The number of aromatic nitrogens is 3. The quantitative estimate of drug-likeness (QED) is 0.657. The van der Waals surface area contributed by atoms with Gasteiger partial charge in [-0.25, -0.2) is 4.39 Å². The summed E-state index contributed by atoms with van der Waals surface area (Å²) in [5, 5.41) is 11.2. The molecule has 0 saturated carbocycles. The Kier molecular flexibility index (Phi) is 5.41. The number of amides is 1. The summed E-state index contributed by atoms with van der Waals surface area (Å²) in [7, 11) is 0. The van der Waals surface area contributed by atoms with Crippen LogP contribution in [0.5, 0.6) is 0 Å². The number of rotatable bonds is 6. The molecular formula is C18H19FN4O2S. The molecule has 0 radical (unpaired) electrons. The molecule has 0 aliphatic heterocycles. The number of nitrogens with zero attached hydrogens (tertiary/aromatic N) is 3. The molecule has 1 aromatic carbocycles. The van der Waals surface area contributed by atoms with Gasteiger partial charge in [0.15, 0.2) is 11.0 Å². The summed E-state index contributed by atoms with van der Waals surface area (Å²) in [6, 6.07) is 7.92. The van der Waals surface area contributed by atoms with Gasteiger partial charge in [-0.05, 0) is 39.0 Å². The maximum Gasteiger partial charge on any atom is 0.237 e. The van der Waals surface area contributed by atoms with E-state index in [9.17, 15) is 9.18 Å². The fourth-order valence-electron chi connectivity index (χ4n) is 2.49. The first-order valence-corrected chi connectivity index (χ1v) is 9.09. The van der Waals surface area contributed by atoms with Gasteiger partial charge in [-0.15, -0.1) is 10.2 Å². The summed E-state index contributed by atoms with van der Waals surface area (Å²) in [6.45, 7) is 6.24. The third kappa shape index (κ3) is 3.65. The zero-order valence-corrected chi connectivity index (χ0v) is 15.5. The van der Waals surface area contributed by atoms with Crippen molar-refractivity contribution in [2.45, 2.75) is 37.7 Å². The number of nitrogens with one attached hydrogen (secondary N) is 1. The van der Waals surface area contributed by atoms with Crippen LogP contribution in [0.1, 0.15) is 19.6 Å². The third-order valence-corrected chi connectivity index (χ3v) is 5.00. The van der Waals surface area contributed by atoms with E-state index >= 15 is 0 Å². The topological polar surface area (TPSA) is 73.0 Å². The van der Waals surface area contributed by atoms with Crippen LogP contribution >= 0.6 is 11.8 Å². The van der Waals surface area contributed by atoms with Crippen LogP contribution in [0.3, 0.4) is 0 Å². The van der Waals surface area contributed by atoms with Crippen molar-refractivity contribution in [3.63, 3.8) is 0 Å². The molecule has 0 aliphatic rings. The molecule has 1 atom stereocenters. The van der Waals surface area contributed by atoms with Crippen LogP contribution in [0.2, 0.25) is 0 Å². The number of benzene rings is 1. The van der Waals surface area contributed by atoms with Crippen LogP contribution in [0.4, 0.5) is 10.1 Å². The Labute approximate surface area is 154 Å². The average molecular weight is 374 g/mol. The Hall–Kier alpha value is -2.61. The van der Waals surface area contributed by atoms with E-state index in [1.807, 2.05) is 24.5 Å². The number of furan rings is 1. The Balaban J connectivity index is 1.76. The molecule has 26 heavy (non-hydrogen) atoms. The van der Waals surface area contributed by atoms with E-state index in [4.69, 9.17) is 4.42 Å². The Bertz CT molecular complexity index is 922. The molecule has 0 saturated heterocycles. The molecule has 1 amide bonds. The summed E-state index contributed by atoms with van der Waals surface area (Å²) < 4.78 is 21.0. The standard InChI is InChI=1S/C18H19FN4O2S/c1-4-23-16(13-9-10-25-11(13)2)21-22-18(23)26-12(3)17(24)20-15-8-6-5-7-14(15)19/h5-10,12H,4H2,1-3H3,(H,20,24)/t12-/m0/s1. The molecule has 0 fully saturated rings. The number of anilines is 1. The van der Waals surface area contributed by atoms with Gasteiger partial charge in [-0.1, -0.05) is 23.9 Å². The van der Waals surface area contributed by atoms with E-state index in [1.165, 1.54) is 23.9 Å². The lowest BCUT2D eigenvalue weighted by atomic mass is 10.2. The zero-order chi connectivity index (χ0) is 18.7. The summed E-state index contributed by atoms with van der Waals surface area (Å²) in [4.78, 5) is 12.4. The number of halogens is 1. The van der Waals surface area contributed by atoms with Crippen molar-refractivity contribution in [1.82, 2.24) is 14.8 Å². The second kappa shape index (κ2) is 7.74. The molecule has 6 nitrogen and oxygen atoms in total. The van der Waals surface area contributed by atoms with E-state index < -0.39 is 11.1 Å².